The molecule has 0 spiro atoms. The Labute approximate surface area is 183 Å². The van der Waals surface area contributed by atoms with Crippen molar-refractivity contribution >= 4 is 57.6 Å². The number of benzene rings is 2. The summed E-state index contributed by atoms with van der Waals surface area (Å²) in [4.78, 5) is 45.0. The van der Waals surface area contributed by atoms with Crippen molar-refractivity contribution in [1.29, 1.82) is 0 Å². The quantitative estimate of drug-likeness (QED) is 0.280. The molecule has 0 aromatic heterocycles. The molecule has 0 aliphatic carbocycles. The van der Waals surface area contributed by atoms with Crippen LogP contribution in [0.5, 0.6) is 11.5 Å². The number of carbonyl (C=O) groups excluding carboxylic acids is 1. The van der Waals surface area contributed by atoms with Gasteiger partial charge in [-0.05, 0) is 29.8 Å². The average molecular weight is 461 g/mol. The number of nitrogens with zero attached hydrogens (tertiary/aromatic N) is 3. The molecule has 1 aliphatic heterocycles. The highest BCUT2D eigenvalue weighted by molar-refractivity contribution is 8.26. The van der Waals surface area contributed by atoms with Crippen molar-refractivity contribution in [3.63, 3.8) is 0 Å². The predicted molar refractivity (Wildman–Crippen MR) is 114 cm³/mol. The van der Waals surface area contributed by atoms with Gasteiger partial charge in [-0.25, -0.2) is 0 Å². The Morgan fingerprint density at radius 2 is 1.94 bits per heavy atom. The van der Waals surface area contributed by atoms with Gasteiger partial charge in [-0.1, -0.05) is 36.1 Å². The number of thioether (sulfide) groups is 1. The molecule has 2 aromatic rings. The average Bonchev–Trinajstić information content (AvgIpc) is 2.95. The number of ether oxygens (including phenoxy) is 1. The van der Waals surface area contributed by atoms with Gasteiger partial charge in [0.2, 0.25) is 5.75 Å². The molecule has 0 saturated carbocycles. The van der Waals surface area contributed by atoms with Gasteiger partial charge in [-0.3, -0.25) is 34.7 Å². The van der Waals surface area contributed by atoms with Crippen molar-refractivity contribution < 1.29 is 29.3 Å². The maximum absolute atomic E-state index is 12.4. The fourth-order valence-electron chi connectivity index (χ4n) is 2.57. The van der Waals surface area contributed by atoms with E-state index in [4.69, 9.17) is 22.1 Å². The van der Waals surface area contributed by atoms with Crippen LogP contribution in [-0.2, 0) is 9.59 Å². The van der Waals surface area contributed by atoms with Gasteiger partial charge in [0.1, 0.15) is 16.6 Å². The Balaban J connectivity index is 1.87. The lowest BCUT2D eigenvalue weighted by Crippen LogP contribution is -2.33. The van der Waals surface area contributed by atoms with E-state index in [2.05, 4.69) is 0 Å². The Kier molecular flexibility index (Phi) is 6.27. The minimum absolute atomic E-state index is 0.118. The highest BCUT2D eigenvalue weighted by atomic mass is 32.2. The first kappa shape index (κ1) is 21.9. The molecule has 1 amide bonds. The lowest BCUT2D eigenvalue weighted by Gasteiger charge is -2.10. The molecule has 158 valence electrons. The van der Waals surface area contributed by atoms with Crippen molar-refractivity contribution in [2.75, 3.05) is 6.54 Å². The van der Waals surface area contributed by atoms with Crippen molar-refractivity contribution in [3.8, 4) is 11.5 Å². The van der Waals surface area contributed by atoms with Gasteiger partial charge >= 0.3 is 11.7 Å². The Morgan fingerprint density at radius 3 is 2.58 bits per heavy atom. The normalized spacial score (nSPS) is 14.7. The summed E-state index contributed by atoms with van der Waals surface area (Å²) in [7, 11) is 0. The fraction of sp³-hybridized carbons (Fsp3) is 0.0556. The van der Waals surface area contributed by atoms with Crippen molar-refractivity contribution in [2.24, 2.45) is 0 Å². The highest BCUT2D eigenvalue weighted by Crippen LogP contribution is 2.36. The lowest BCUT2D eigenvalue weighted by atomic mass is 10.2. The summed E-state index contributed by atoms with van der Waals surface area (Å²) in [6.07, 6.45) is 1.48. The van der Waals surface area contributed by atoms with E-state index in [1.165, 1.54) is 18.2 Å². The SMILES string of the molecule is O=C(O)CN1C(=O)C(=Cc2cccc(Oc3ccc([N+](=O)[O-])cc3[N+](=O)[O-])c2)SC1=S. The number of amides is 1. The van der Waals surface area contributed by atoms with E-state index in [0.717, 1.165) is 34.9 Å². The highest BCUT2D eigenvalue weighted by Gasteiger charge is 2.33. The maximum atomic E-state index is 12.4. The predicted octanol–water partition coefficient (Wildman–Crippen LogP) is 3.58. The van der Waals surface area contributed by atoms with E-state index in [1.807, 2.05) is 0 Å². The zero-order chi connectivity index (χ0) is 22.7. The van der Waals surface area contributed by atoms with Gasteiger partial charge in [-0.15, -0.1) is 0 Å². The summed E-state index contributed by atoms with van der Waals surface area (Å²) in [5, 5.41) is 31.0. The molecule has 0 bridgehead atoms. The van der Waals surface area contributed by atoms with Gasteiger partial charge in [-0.2, -0.15) is 0 Å². The molecule has 0 unspecified atom stereocenters. The number of hydrogen-bond donors (Lipinski definition) is 1. The molecular weight excluding hydrogens is 450 g/mol. The fourth-order valence-corrected chi connectivity index (χ4v) is 3.82. The summed E-state index contributed by atoms with van der Waals surface area (Å²) in [5.74, 6) is -1.75. The van der Waals surface area contributed by atoms with E-state index in [-0.39, 0.29) is 20.7 Å². The molecule has 1 fully saturated rings. The standard InChI is InChI=1S/C18H11N3O8S2/c22-16(23)9-19-17(24)15(31-18(19)30)7-10-2-1-3-12(6-10)29-14-5-4-11(20(25)26)8-13(14)21(27)28/h1-8H,9H2,(H,22,23). The molecule has 1 N–H and O–H groups in total. The van der Waals surface area contributed by atoms with Gasteiger partial charge in [0.05, 0.1) is 20.8 Å². The van der Waals surface area contributed by atoms with Crippen molar-refractivity contribution in [1.82, 2.24) is 4.90 Å². The monoisotopic (exact) mass is 461 g/mol. The van der Waals surface area contributed by atoms with Gasteiger partial charge < -0.3 is 9.84 Å². The van der Waals surface area contributed by atoms with Crippen molar-refractivity contribution in [2.45, 2.75) is 0 Å². The third-order valence-electron chi connectivity index (χ3n) is 3.90. The minimum atomic E-state index is -1.20. The van der Waals surface area contributed by atoms with E-state index in [9.17, 15) is 29.8 Å². The van der Waals surface area contributed by atoms with Crippen LogP contribution in [0, 0.1) is 20.2 Å². The molecule has 13 heteroatoms. The number of nitro groups is 2. The van der Waals surface area contributed by atoms with Crippen LogP contribution in [0.15, 0.2) is 47.4 Å². The molecule has 11 nitrogen and oxygen atoms in total. The molecule has 0 radical (unpaired) electrons. The third kappa shape index (κ3) is 5.02. The number of thiocarbonyl (C=S) groups is 1. The molecular formula is C18H11N3O8S2. The second kappa shape index (κ2) is 8.89. The zero-order valence-corrected chi connectivity index (χ0v) is 16.9. The number of nitro benzene ring substituents is 2. The van der Waals surface area contributed by atoms with E-state index in [1.54, 1.807) is 12.1 Å². The van der Waals surface area contributed by atoms with Crippen LogP contribution in [0.4, 0.5) is 11.4 Å². The van der Waals surface area contributed by atoms with Crippen molar-refractivity contribution in [3.05, 3.63) is 73.2 Å². The van der Waals surface area contributed by atoms with Crippen LogP contribution in [0.25, 0.3) is 6.08 Å². The smallest absolute Gasteiger partial charge is 0.323 e. The topological polar surface area (TPSA) is 153 Å². The summed E-state index contributed by atoms with van der Waals surface area (Å²) >= 11 is 5.99. The minimum Gasteiger partial charge on any atom is -0.480 e. The van der Waals surface area contributed by atoms with Crippen LogP contribution < -0.4 is 4.74 Å². The summed E-state index contributed by atoms with van der Waals surface area (Å²) in [5.41, 5.74) is -0.525. The van der Waals surface area contributed by atoms with E-state index < -0.39 is 39.6 Å². The van der Waals surface area contributed by atoms with Crippen LogP contribution >= 0.6 is 24.0 Å². The Morgan fingerprint density at radius 1 is 1.19 bits per heavy atom. The molecule has 31 heavy (non-hydrogen) atoms. The summed E-state index contributed by atoms with van der Waals surface area (Å²) < 4.78 is 5.65. The second-order valence-electron chi connectivity index (χ2n) is 6.00. The van der Waals surface area contributed by atoms with Crippen LogP contribution in [0.2, 0.25) is 0 Å². The molecule has 1 saturated heterocycles. The summed E-state index contributed by atoms with van der Waals surface area (Å²) in [6.45, 7) is -0.547. The first-order chi connectivity index (χ1) is 14.7. The van der Waals surface area contributed by atoms with Gasteiger partial charge in [0.25, 0.3) is 11.6 Å². The summed E-state index contributed by atoms with van der Waals surface area (Å²) in [6, 6.07) is 9.23. The number of rotatable bonds is 7. The first-order valence-corrected chi connectivity index (χ1v) is 9.56. The number of carboxylic acid groups (broad SMARTS) is 1. The molecule has 3 rings (SSSR count). The third-order valence-corrected chi connectivity index (χ3v) is 5.28. The molecule has 2 aromatic carbocycles. The Hall–Kier alpha value is -3.84. The number of aliphatic carboxylic acids is 1. The molecule has 1 aliphatic rings. The number of carboxylic acids is 1. The zero-order valence-electron chi connectivity index (χ0n) is 15.3. The van der Waals surface area contributed by atoms with E-state index in [0.29, 0.717) is 5.56 Å². The second-order valence-corrected chi connectivity index (χ2v) is 7.68. The van der Waals surface area contributed by atoms with Crippen LogP contribution in [0.3, 0.4) is 0 Å². The number of carbonyl (C=O) groups is 2. The van der Waals surface area contributed by atoms with Gasteiger partial charge in [0.15, 0.2) is 0 Å². The number of hydrogen-bond acceptors (Lipinski definition) is 9. The number of non-ortho nitro benzene ring substituents is 1. The first-order valence-electron chi connectivity index (χ1n) is 8.33. The van der Waals surface area contributed by atoms with E-state index >= 15 is 0 Å². The largest absolute Gasteiger partial charge is 0.480 e. The maximum Gasteiger partial charge on any atom is 0.323 e. The molecule has 1 heterocycles. The van der Waals surface area contributed by atoms with Crippen LogP contribution in [-0.4, -0.2) is 42.6 Å². The van der Waals surface area contributed by atoms with Crippen LogP contribution in [0.1, 0.15) is 5.56 Å². The molecule has 0 atom stereocenters. The van der Waals surface area contributed by atoms with Gasteiger partial charge in [0, 0.05) is 6.07 Å². The lowest BCUT2D eigenvalue weighted by molar-refractivity contribution is -0.394. The Bertz CT molecular complexity index is 1160.